The number of nitrogens with zero attached hydrogens (tertiary/aromatic N) is 2. The zero-order valence-corrected chi connectivity index (χ0v) is 33.5. The molecule has 0 aromatic heterocycles. The third-order valence-corrected chi connectivity index (χ3v) is 11.7. The molecule has 0 saturated heterocycles. The Morgan fingerprint density at radius 1 is 0.383 bits per heavy atom. The summed E-state index contributed by atoms with van der Waals surface area (Å²) in [6.45, 7) is 0. The third-order valence-electron chi connectivity index (χ3n) is 11.7. The van der Waals surface area contributed by atoms with E-state index in [0.29, 0.717) is 6.42 Å². The SMILES string of the molecule is C1=CC(c2c(-c3ccccc3C3=NC(c4ccc(-c5ccccc5)cc4)CC(c4ccccc4)=N3)cc(-c3ccccc3)c(-c3ccccc3)c2-c2ccccc2)=CCC1. The minimum atomic E-state index is -0.103. The summed E-state index contributed by atoms with van der Waals surface area (Å²) in [6, 6.07) is 73.9. The lowest BCUT2D eigenvalue weighted by molar-refractivity contribution is 0.754. The van der Waals surface area contributed by atoms with Crippen molar-refractivity contribution >= 4 is 17.1 Å². The highest BCUT2D eigenvalue weighted by atomic mass is 15.0. The predicted molar refractivity (Wildman–Crippen MR) is 253 cm³/mol. The topological polar surface area (TPSA) is 24.7 Å². The Kier molecular flexibility index (Phi) is 10.3. The summed E-state index contributed by atoms with van der Waals surface area (Å²) in [5.74, 6) is 0.751. The molecule has 0 radical (unpaired) electrons. The smallest absolute Gasteiger partial charge is 0.156 e. The van der Waals surface area contributed by atoms with E-state index < -0.39 is 0 Å². The molecule has 286 valence electrons. The first kappa shape index (κ1) is 36.9. The number of benzene rings is 8. The van der Waals surface area contributed by atoms with Crippen molar-refractivity contribution in [3.05, 3.63) is 247 Å². The van der Waals surface area contributed by atoms with Gasteiger partial charge in [0.1, 0.15) is 0 Å². The Bertz CT molecular complexity index is 2890. The Labute approximate surface area is 353 Å². The first-order chi connectivity index (χ1) is 29.8. The van der Waals surface area contributed by atoms with Gasteiger partial charge in [-0.05, 0) is 96.8 Å². The lowest BCUT2D eigenvalue weighted by Crippen LogP contribution is -2.18. The normalized spacial score (nSPS) is 14.9. The van der Waals surface area contributed by atoms with Crippen LogP contribution < -0.4 is 0 Å². The van der Waals surface area contributed by atoms with Gasteiger partial charge >= 0.3 is 0 Å². The maximum Gasteiger partial charge on any atom is 0.156 e. The second-order valence-corrected chi connectivity index (χ2v) is 15.5. The maximum absolute atomic E-state index is 5.56. The fourth-order valence-electron chi connectivity index (χ4n) is 8.79. The van der Waals surface area contributed by atoms with Gasteiger partial charge in [0.2, 0.25) is 0 Å². The summed E-state index contributed by atoms with van der Waals surface area (Å²) in [7, 11) is 0. The molecule has 8 aromatic carbocycles. The predicted octanol–water partition coefficient (Wildman–Crippen LogP) is 15.1. The average Bonchev–Trinajstić information content (AvgIpc) is 3.35. The first-order valence-corrected chi connectivity index (χ1v) is 21.0. The fourth-order valence-corrected chi connectivity index (χ4v) is 8.79. The van der Waals surface area contributed by atoms with Crippen molar-refractivity contribution in [2.24, 2.45) is 9.98 Å². The van der Waals surface area contributed by atoms with E-state index in [1.165, 1.54) is 61.2 Å². The van der Waals surface area contributed by atoms with Gasteiger partial charge in [-0.15, -0.1) is 0 Å². The highest BCUT2D eigenvalue weighted by Crippen LogP contribution is 2.50. The molecule has 0 fully saturated rings. The van der Waals surface area contributed by atoms with Crippen molar-refractivity contribution in [2.75, 3.05) is 0 Å². The molecule has 2 nitrogen and oxygen atoms in total. The lowest BCUT2D eigenvalue weighted by Gasteiger charge is -2.27. The summed E-state index contributed by atoms with van der Waals surface area (Å²) < 4.78 is 0. The second kappa shape index (κ2) is 16.8. The molecule has 1 aliphatic carbocycles. The lowest BCUT2D eigenvalue weighted by atomic mass is 9.77. The van der Waals surface area contributed by atoms with Crippen LogP contribution in [0.1, 0.15) is 47.6 Å². The Morgan fingerprint density at radius 3 is 1.50 bits per heavy atom. The third kappa shape index (κ3) is 7.40. The molecule has 2 aliphatic rings. The van der Waals surface area contributed by atoms with E-state index in [9.17, 15) is 0 Å². The number of aliphatic imine (C=N–C) groups is 2. The molecule has 1 heterocycles. The average molecular weight is 769 g/mol. The zero-order valence-electron chi connectivity index (χ0n) is 33.5. The van der Waals surface area contributed by atoms with Gasteiger partial charge in [0.05, 0.1) is 11.8 Å². The molecule has 0 spiro atoms. The van der Waals surface area contributed by atoms with Crippen LogP contribution in [-0.4, -0.2) is 11.5 Å². The number of hydrogen-bond donors (Lipinski definition) is 0. The molecule has 2 heteroatoms. The van der Waals surface area contributed by atoms with Gasteiger partial charge in [-0.1, -0.05) is 218 Å². The van der Waals surface area contributed by atoms with Crippen molar-refractivity contribution in [3.8, 4) is 55.6 Å². The molecular weight excluding hydrogens is 725 g/mol. The quantitative estimate of drug-likeness (QED) is 0.140. The van der Waals surface area contributed by atoms with Crippen LogP contribution in [0.15, 0.2) is 234 Å². The highest BCUT2D eigenvalue weighted by molar-refractivity contribution is 6.17. The van der Waals surface area contributed by atoms with Crippen LogP contribution in [0.25, 0.3) is 61.2 Å². The molecule has 10 rings (SSSR count). The van der Waals surface area contributed by atoms with Gasteiger partial charge < -0.3 is 0 Å². The van der Waals surface area contributed by atoms with E-state index >= 15 is 0 Å². The van der Waals surface area contributed by atoms with Gasteiger partial charge in [0, 0.05) is 12.0 Å². The Balaban J connectivity index is 1.23. The van der Waals surface area contributed by atoms with E-state index in [1.807, 2.05) is 0 Å². The zero-order chi connectivity index (χ0) is 40.1. The first-order valence-electron chi connectivity index (χ1n) is 21.0. The van der Waals surface area contributed by atoms with E-state index in [1.54, 1.807) is 0 Å². The van der Waals surface area contributed by atoms with Gasteiger partial charge in [0.25, 0.3) is 0 Å². The number of amidine groups is 1. The van der Waals surface area contributed by atoms with Crippen molar-refractivity contribution < 1.29 is 0 Å². The Hall–Kier alpha value is -7.42. The summed E-state index contributed by atoms with van der Waals surface area (Å²) in [5, 5.41) is 0. The van der Waals surface area contributed by atoms with Crippen LogP contribution in [0.4, 0.5) is 0 Å². The summed E-state index contributed by atoms with van der Waals surface area (Å²) in [4.78, 5) is 11.0. The van der Waals surface area contributed by atoms with Crippen LogP contribution in [0.2, 0.25) is 0 Å². The van der Waals surface area contributed by atoms with Crippen molar-refractivity contribution in [1.82, 2.24) is 0 Å². The van der Waals surface area contributed by atoms with Crippen LogP contribution in [-0.2, 0) is 0 Å². The monoisotopic (exact) mass is 768 g/mol. The summed E-state index contributed by atoms with van der Waals surface area (Å²) in [6.07, 6.45) is 9.81. The van der Waals surface area contributed by atoms with Crippen molar-refractivity contribution in [1.29, 1.82) is 0 Å². The molecule has 1 atom stereocenters. The molecule has 0 amide bonds. The van der Waals surface area contributed by atoms with E-state index in [2.05, 4.69) is 224 Å². The van der Waals surface area contributed by atoms with E-state index in [0.717, 1.165) is 46.6 Å². The maximum atomic E-state index is 5.56. The van der Waals surface area contributed by atoms with Crippen molar-refractivity contribution in [2.45, 2.75) is 25.3 Å². The van der Waals surface area contributed by atoms with Crippen LogP contribution >= 0.6 is 0 Å². The van der Waals surface area contributed by atoms with Gasteiger partial charge in [-0.2, -0.15) is 0 Å². The van der Waals surface area contributed by atoms with E-state index in [4.69, 9.17) is 9.98 Å². The number of hydrogen-bond acceptors (Lipinski definition) is 2. The fraction of sp³-hybridized carbons (Fsp3) is 0.0690. The van der Waals surface area contributed by atoms with E-state index in [-0.39, 0.29) is 6.04 Å². The number of rotatable bonds is 9. The van der Waals surface area contributed by atoms with Gasteiger partial charge in [-0.25, -0.2) is 4.99 Å². The molecule has 0 bridgehead atoms. The minimum Gasteiger partial charge on any atom is -0.258 e. The molecule has 0 saturated carbocycles. The Morgan fingerprint density at radius 2 is 0.900 bits per heavy atom. The molecular formula is C58H44N2. The van der Waals surface area contributed by atoms with Crippen LogP contribution in [0, 0.1) is 0 Å². The minimum absolute atomic E-state index is 0.103. The largest absolute Gasteiger partial charge is 0.258 e. The molecule has 1 aliphatic heterocycles. The standard InChI is InChI=1S/C58H44N2/c1-7-21-41(22-8-1)42-35-37-45(38-36-42)54-40-53(44-25-11-3-12-26-44)59-58(60-54)50-34-20-19-33-49(50)52-39-51(43-23-9-2-10-24-43)55(46-27-13-4-14-28-46)57(48-31-17-6-18-32-48)56(52)47-29-15-5-16-30-47/h1-4,6-15,17-39,54H,5,16,40H2. The number of allylic oxidation sites excluding steroid dienone is 4. The summed E-state index contributed by atoms with van der Waals surface area (Å²) >= 11 is 0. The van der Waals surface area contributed by atoms with Crippen LogP contribution in [0.5, 0.6) is 0 Å². The van der Waals surface area contributed by atoms with Gasteiger partial charge in [-0.3, -0.25) is 4.99 Å². The molecule has 60 heavy (non-hydrogen) atoms. The highest BCUT2D eigenvalue weighted by Gasteiger charge is 2.28. The molecule has 0 N–H and O–H groups in total. The molecule has 1 unspecified atom stereocenters. The van der Waals surface area contributed by atoms with Crippen LogP contribution in [0.3, 0.4) is 0 Å². The molecule has 8 aromatic rings. The van der Waals surface area contributed by atoms with Crippen molar-refractivity contribution in [3.63, 3.8) is 0 Å². The summed E-state index contributed by atoms with van der Waals surface area (Å²) in [5.41, 5.74) is 18.7. The van der Waals surface area contributed by atoms with Gasteiger partial charge in [0.15, 0.2) is 5.84 Å². The second-order valence-electron chi connectivity index (χ2n) is 15.5.